The molecule has 2 bridgehead atoms. The lowest BCUT2D eigenvalue weighted by atomic mass is 9.84. The Bertz CT molecular complexity index is 2070. The molecule has 2 N–H and O–H groups in total. The van der Waals surface area contributed by atoms with E-state index in [1.54, 1.807) is 23.1 Å². The number of carbonyl (C=O) groups is 2. The maximum Gasteiger partial charge on any atom is 0.410 e. The molecule has 0 spiro atoms. The maximum atomic E-state index is 14.9. The van der Waals surface area contributed by atoms with Crippen LogP contribution in [-0.4, -0.2) is 95.5 Å². The smallest absolute Gasteiger partial charge is 0.410 e. The summed E-state index contributed by atoms with van der Waals surface area (Å²) < 4.78 is 65.7. The van der Waals surface area contributed by atoms with Crippen molar-refractivity contribution in [3.8, 4) is 5.75 Å². The van der Waals surface area contributed by atoms with Crippen LogP contribution in [0.5, 0.6) is 5.75 Å². The van der Waals surface area contributed by atoms with Gasteiger partial charge in [-0.25, -0.2) is 22.0 Å². The molecule has 1 saturated heterocycles. The number of aryl methyl sites for hydroxylation is 1. The molecule has 3 aliphatic rings. The number of unbranched alkanes of at least 4 members (excludes halogenated alkanes) is 1. The van der Waals surface area contributed by atoms with Crippen LogP contribution in [0.1, 0.15) is 55.2 Å². The average molecular weight is 859 g/mol. The minimum Gasteiger partial charge on any atom is -0.489 e. The molecule has 2 atom stereocenters. The minimum atomic E-state index is -3.70. The minimum absolute atomic E-state index is 0.0491. The van der Waals surface area contributed by atoms with Gasteiger partial charge in [0.25, 0.3) is 5.91 Å². The fourth-order valence-electron chi connectivity index (χ4n) is 7.07. The van der Waals surface area contributed by atoms with E-state index in [2.05, 4.69) is 4.84 Å². The van der Waals surface area contributed by atoms with E-state index in [1.807, 2.05) is 24.3 Å². The van der Waals surface area contributed by atoms with Gasteiger partial charge in [0.1, 0.15) is 10.8 Å². The number of rotatable bonds is 16. The van der Waals surface area contributed by atoms with Crippen molar-refractivity contribution in [1.82, 2.24) is 15.2 Å². The van der Waals surface area contributed by atoms with Crippen LogP contribution in [0.2, 0.25) is 15.1 Å². The molecule has 2 aliphatic heterocycles. The van der Waals surface area contributed by atoms with Gasteiger partial charge in [-0.05, 0) is 85.4 Å². The van der Waals surface area contributed by atoms with Gasteiger partial charge in [0.05, 0.1) is 58.8 Å². The molecular formula is C38H40Cl3F2N3O9S. The zero-order chi connectivity index (χ0) is 40.1. The molecule has 18 heteroatoms. The summed E-state index contributed by atoms with van der Waals surface area (Å²) in [5.41, 5.74) is 3.00. The van der Waals surface area contributed by atoms with Gasteiger partial charge in [-0.1, -0.05) is 71.2 Å². The standard InChI is InChI=1S/C38H40Cl3F2N3O9S/c39-29-7-3-6-25(34(29)40)20-44(26-12-13-26)37(47)33-28(24-10-8-23(9-11-24)5-4-17-53-36-31(43)15-14-30(42)35(36)41)19-27-21-56(51,52)22-32(33)45(27)38(48)54-16-1-2-18-55-46(49)50/h3,6-11,14-15,26-27,32,49-50H,1-2,4-5,12-13,16-22H2. The van der Waals surface area contributed by atoms with Gasteiger partial charge in [-0.3, -0.25) is 24.9 Å². The van der Waals surface area contributed by atoms with Crippen molar-refractivity contribution in [3.05, 3.63) is 104 Å². The van der Waals surface area contributed by atoms with Crippen molar-refractivity contribution >= 4 is 62.2 Å². The number of ether oxygens (including phenoxy) is 2. The van der Waals surface area contributed by atoms with Crippen molar-refractivity contribution in [3.63, 3.8) is 0 Å². The van der Waals surface area contributed by atoms with Gasteiger partial charge in [0.2, 0.25) is 0 Å². The van der Waals surface area contributed by atoms with E-state index in [1.165, 1.54) is 4.90 Å². The molecule has 1 aliphatic carbocycles. The summed E-state index contributed by atoms with van der Waals surface area (Å²) in [6.07, 6.45) is 2.37. The van der Waals surface area contributed by atoms with Crippen molar-refractivity contribution in [1.29, 1.82) is 0 Å². The number of halogens is 5. The van der Waals surface area contributed by atoms with Crippen LogP contribution in [0.3, 0.4) is 0 Å². The number of sulfone groups is 1. The number of amides is 2. The number of carbonyl (C=O) groups excluding carboxylic acids is 2. The number of benzene rings is 3. The van der Waals surface area contributed by atoms with Gasteiger partial charge in [-0.2, -0.15) is 0 Å². The van der Waals surface area contributed by atoms with Crippen molar-refractivity contribution in [2.45, 2.75) is 69.6 Å². The van der Waals surface area contributed by atoms with E-state index < -0.39 is 61.7 Å². The van der Waals surface area contributed by atoms with Crippen molar-refractivity contribution < 1.29 is 51.5 Å². The molecular weight excluding hydrogens is 819 g/mol. The predicted molar refractivity (Wildman–Crippen MR) is 203 cm³/mol. The third kappa shape index (κ3) is 10.1. The zero-order valence-electron chi connectivity index (χ0n) is 30.0. The molecule has 3 aromatic rings. The highest BCUT2D eigenvalue weighted by atomic mass is 35.5. The fraction of sp³-hybridized carbons (Fsp3) is 0.421. The Morgan fingerprint density at radius 2 is 1.59 bits per heavy atom. The second-order valence-corrected chi connectivity index (χ2v) is 17.2. The lowest BCUT2D eigenvalue weighted by Gasteiger charge is -2.47. The summed E-state index contributed by atoms with van der Waals surface area (Å²) >= 11 is 18.8. The average Bonchev–Trinajstić information content (AvgIpc) is 3.99. The highest BCUT2D eigenvalue weighted by Gasteiger charge is 2.51. The molecule has 2 fully saturated rings. The van der Waals surface area contributed by atoms with E-state index in [0.29, 0.717) is 52.4 Å². The molecule has 0 radical (unpaired) electrons. The van der Waals surface area contributed by atoms with Crippen LogP contribution in [0.15, 0.2) is 60.2 Å². The van der Waals surface area contributed by atoms with E-state index in [0.717, 1.165) is 30.5 Å². The Morgan fingerprint density at radius 1 is 0.875 bits per heavy atom. The van der Waals surface area contributed by atoms with E-state index in [-0.39, 0.29) is 55.9 Å². The summed E-state index contributed by atoms with van der Waals surface area (Å²) in [6.45, 7) is 0.0764. The summed E-state index contributed by atoms with van der Waals surface area (Å²) in [5.74, 6) is -3.13. The third-order valence-corrected chi connectivity index (χ3v) is 12.8. The first kappa shape index (κ1) is 42.1. The predicted octanol–water partition coefficient (Wildman–Crippen LogP) is 7.68. The Hall–Kier alpha value is -3.54. The summed E-state index contributed by atoms with van der Waals surface area (Å²) in [4.78, 5) is 36.3. The molecule has 12 nitrogen and oxygen atoms in total. The molecule has 1 saturated carbocycles. The molecule has 2 unspecified atom stereocenters. The Morgan fingerprint density at radius 3 is 2.30 bits per heavy atom. The second kappa shape index (κ2) is 18.4. The molecule has 2 heterocycles. The molecule has 6 rings (SSSR count). The lowest BCUT2D eigenvalue weighted by Crippen LogP contribution is -2.61. The highest BCUT2D eigenvalue weighted by molar-refractivity contribution is 7.91. The van der Waals surface area contributed by atoms with Gasteiger partial charge in [-0.15, -0.1) is 0 Å². The van der Waals surface area contributed by atoms with Gasteiger partial charge >= 0.3 is 6.09 Å². The first-order valence-corrected chi connectivity index (χ1v) is 21.0. The van der Waals surface area contributed by atoms with Gasteiger partial charge in [0.15, 0.2) is 21.4 Å². The third-order valence-electron chi connectivity index (χ3n) is 9.88. The topological polar surface area (TPSA) is 146 Å². The SMILES string of the molecule is O=C(C1=C(c2ccc(CCCOc3c(F)ccc(F)c3Cl)cc2)CC2CS(=O)(=O)CC1N2C(=O)OCCCCON(O)O)N(Cc1cccc(Cl)c1Cl)C1CC1. The monoisotopic (exact) mass is 857 g/mol. The number of nitrogens with zero attached hydrogens (tertiary/aromatic N) is 3. The fourth-order valence-corrected chi connectivity index (χ4v) is 9.47. The van der Waals surface area contributed by atoms with E-state index in [9.17, 15) is 26.8 Å². The van der Waals surface area contributed by atoms with Gasteiger partial charge in [0, 0.05) is 18.2 Å². The molecule has 0 aromatic heterocycles. The maximum absolute atomic E-state index is 14.9. The normalized spacial score (nSPS) is 19.0. The zero-order valence-corrected chi connectivity index (χ0v) is 33.1. The Kier molecular flexibility index (Phi) is 13.8. The van der Waals surface area contributed by atoms with E-state index >= 15 is 0 Å². The van der Waals surface area contributed by atoms with Crippen LogP contribution in [0, 0.1) is 11.6 Å². The summed E-state index contributed by atoms with van der Waals surface area (Å²) in [6, 6.07) is 12.3. The van der Waals surface area contributed by atoms with Crippen LogP contribution < -0.4 is 4.74 Å². The van der Waals surface area contributed by atoms with Crippen LogP contribution in [0.4, 0.5) is 13.6 Å². The van der Waals surface area contributed by atoms with Crippen LogP contribution >= 0.6 is 34.8 Å². The molecule has 56 heavy (non-hydrogen) atoms. The van der Waals surface area contributed by atoms with Crippen LogP contribution in [0.25, 0.3) is 5.57 Å². The molecule has 3 aromatic carbocycles. The molecule has 302 valence electrons. The quantitative estimate of drug-likeness (QED) is 0.0836. The van der Waals surface area contributed by atoms with Crippen molar-refractivity contribution in [2.24, 2.45) is 0 Å². The highest BCUT2D eigenvalue weighted by Crippen LogP contribution is 2.42. The first-order valence-electron chi connectivity index (χ1n) is 18.0. The van der Waals surface area contributed by atoms with E-state index in [4.69, 9.17) is 54.7 Å². The summed E-state index contributed by atoms with van der Waals surface area (Å²) in [5, 5.41) is 17.2. The second-order valence-electron chi connectivity index (χ2n) is 13.9. The number of hydrogen-bond acceptors (Lipinski definition) is 10. The summed E-state index contributed by atoms with van der Waals surface area (Å²) in [7, 11) is -3.70. The Labute approximate surface area is 337 Å². The Balaban J connectivity index is 1.28. The largest absolute Gasteiger partial charge is 0.489 e. The van der Waals surface area contributed by atoms with Crippen LogP contribution in [-0.2, 0) is 37.2 Å². The molecule has 2 amide bonds. The lowest BCUT2D eigenvalue weighted by molar-refractivity contribution is -0.492. The van der Waals surface area contributed by atoms with Crippen molar-refractivity contribution in [2.75, 3.05) is 31.3 Å². The first-order chi connectivity index (χ1) is 26.7. The number of fused-ring (bicyclic) bond motifs is 2. The number of hydrogen-bond donors (Lipinski definition) is 2. The van der Waals surface area contributed by atoms with Gasteiger partial charge < -0.3 is 14.4 Å².